The summed E-state index contributed by atoms with van der Waals surface area (Å²) in [7, 11) is 0. The van der Waals surface area contributed by atoms with Crippen molar-refractivity contribution in [3.8, 4) is 10.4 Å². The Balaban J connectivity index is 1.91. The lowest BCUT2D eigenvalue weighted by atomic mass is 10.0. The van der Waals surface area contributed by atoms with Crippen LogP contribution in [0.4, 0.5) is 0 Å². The van der Waals surface area contributed by atoms with Crippen LogP contribution in [0.1, 0.15) is 36.7 Å². The molecule has 2 aromatic rings. The highest BCUT2D eigenvalue weighted by atomic mass is 32.1. The van der Waals surface area contributed by atoms with Crippen molar-refractivity contribution in [3.63, 3.8) is 0 Å². The Bertz CT molecular complexity index is 596. The van der Waals surface area contributed by atoms with Gasteiger partial charge in [0.2, 0.25) is 0 Å². The van der Waals surface area contributed by atoms with Crippen LogP contribution in [-0.4, -0.2) is 33.0 Å². The Morgan fingerprint density at radius 1 is 1.30 bits per heavy atom. The zero-order valence-corrected chi connectivity index (χ0v) is 12.3. The molecule has 1 unspecified atom stereocenters. The Morgan fingerprint density at radius 3 is 2.85 bits per heavy atom. The van der Waals surface area contributed by atoms with Crippen LogP contribution in [-0.2, 0) is 0 Å². The maximum absolute atomic E-state index is 12.7. The highest BCUT2D eigenvalue weighted by Gasteiger charge is 2.28. The van der Waals surface area contributed by atoms with E-state index in [0.717, 1.165) is 29.8 Å². The molecule has 1 saturated heterocycles. The van der Waals surface area contributed by atoms with Gasteiger partial charge in [0.05, 0.1) is 4.88 Å². The van der Waals surface area contributed by atoms with Gasteiger partial charge in [-0.1, -0.05) is 34.8 Å². The van der Waals surface area contributed by atoms with Gasteiger partial charge in [0, 0.05) is 12.6 Å². The third-order valence-electron chi connectivity index (χ3n) is 3.79. The maximum Gasteiger partial charge on any atom is 0.276 e. The number of rotatable bonds is 2. The van der Waals surface area contributed by atoms with E-state index in [0.29, 0.717) is 11.7 Å². The summed E-state index contributed by atoms with van der Waals surface area (Å²) in [6.07, 6.45) is 3.35. The molecule has 2 heterocycles. The fourth-order valence-corrected chi connectivity index (χ4v) is 3.31. The van der Waals surface area contributed by atoms with Crippen molar-refractivity contribution in [2.45, 2.75) is 32.2 Å². The van der Waals surface area contributed by atoms with Crippen LogP contribution in [0.3, 0.4) is 0 Å². The first-order valence-corrected chi connectivity index (χ1v) is 7.73. The van der Waals surface area contributed by atoms with E-state index in [9.17, 15) is 4.79 Å². The van der Waals surface area contributed by atoms with Gasteiger partial charge in [0.25, 0.3) is 5.91 Å². The predicted octanol–water partition coefficient (Wildman–Crippen LogP) is 3.22. The largest absolute Gasteiger partial charge is 0.335 e. The van der Waals surface area contributed by atoms with Gasteiger partial charge in [-0.25, -0.2) is 0 Å². The summed E-state index contributed by atoms with van der Waals surface area (Å²) in [5, 5.41) is 4.08. The van der Waals surface area contributed by atoms with E-state index in [1.54, 1.807) is 0 Å². The quantitative estimate of drug-likeness (QED) is 0.852. The molecular formula is C15H17N3OS. The van der Waals surface area contributed by atoms with E-state index in [2.05, 4.69) is 16.5 Å². The van der Waals surface area contributed by atoms with Crippen molar-refractivity contribution in [2.75, 3.05) is 6.54 Å². The average molecular weight is 287 g/mol. The number of amides is 1. The summed E-state index contributed by atoms with van der Waals surface area (Å²) in [5.41, 5.74) is 1.51. The van der Waals surface area contributed by atoms with Gasteiger partial charge in [0.15, 0.2) is 5.69 Å². The second-order valence-corrected chi connectivity index (χ2v) is 5.91. The Labute approximate surface area is 122 Å². The number of hydrogen-bond acceptors (Lipinski definition) is 4. The number of carbonyl (C=O) groups is 1. The Hall–Kier alpha value is -1.75. The van der Waals surface area contributed by atoms with E-state index >= 15 is 0 Å². The number of carbonyl (C=O) groups excluding carboxylic acids is 1. The van der Waals surface area contributed by atoms with E-state index < -0.39 is 0 Å². The average Bonchev–Trinajstić information content (AvgIpc) is 2.97. The number of benzene rings is 1. The first-order chi connectivity index (χ1) is 9.77. The van der Waals surface area contributed by atoms with Crippen molar-refractivity contribution in [1.29, 1.82) is 0 Å². The molecule has 4 nitrogen and oxygen atoms in total. The Morgan fingerprint density at radius 2 is 2.10 bits per heavy atom. The lowest BCUT2D eigenvalue weighted by molar-refractivity contribution is 0.0630. The molecule has 1 atom stereocenters. The topological polar surface area (TPSA) is 46.1 Å². The van der Waals surface area contributed by atoms with Crippen molar-refractivity contribution >= 4 is 17.4 Å². The molecule has 1 amide bonds. The third-order valence-corrected chi connectivity index (χ3v) is 4.57. The van der Waals surface area contributed by atoms with Crippen molar-refractivity contribution in [1.82, 2.24) is 14.5 Å². The third kappa shape index (κ3) is 2.45. The molecular weight excluding hydrogens is 270 g/mol. The molecule has 1 aromatic heterocycles. The zero-order valence-electron chi connectivity index (χ0n) is 11.5. The second kappa shape index (κ2) is 5.71. The van der Waals surface area contributed by atoms with Gasteiger partial charge in [-0.3, -0.25) is 4.79 Å². The molecule has 0 saturated carbocycles. The molecule has 104 valence electrons. The number of nitrogens with zero attached hydrogens (tertiary/aromatic N) is 3. The van der Waals surface area contributed by atoms with Crippen LogP contribution in [0.2, 0.25) is 0 Å². The summed E-state index contributed by atoms with van der Waals surface area (Å²) in [6, 6.07) is 10.2. The van der Waals surface area contributed by atoms with Gasteiger partial charge in [-0.05, 0) is 43.3 Å². The molecule has 1 aromatic carbocycles. The molecule has 1 aliphatic heterocycles. The van der Waals surface area contributed by atoms with Gasteiger partial charge >= 0.3 is 0 Å². The maximum atomic E-state index is 12.7. The van der Waals surface area contributed by atoms with Gasteiger partial charge in [-0.2, -0.15) is 0 Å². The summed E-state index contributed by atoms with van der Waals surface area (Å²) in [4.78, 5) is 15.5. The van der Waals surface area contributed by atoms with Gasteiger partial charge in [-0.15, -0.1) is 5.10 Å². The van der Waals surface area contributed by atoms with Crippen LogP contribution in [0.25, 0.3) is 10.4 Å². The number of piperidine rings is 1. The molecule has 5 heteroatoms. The fourth-order valence-electron chi connectivity index (χ4n) is 2.65. The molecule has 0 bridgehead atoms. The van der Waals surface area contributed by atoms with Crippen LogP contribution < -0.4 is 0 Å². The Kier molecular flexibility index (Phi) is 3.78. The monoisotopic (exact) mass is 287 g/mol. The minimum Gasteiger partial charge on any atom is -0.335 e. The van der Waals surface area contributed by atoms with Gasteiger partial charge < -0.3 is 4.90 Å². The molecule has 0 N–H and O–H groups in total. The van der Waals surface area contributed by atoms with Crippen LogP contribution in [0, 0.1) is 0 Å². The molecule has 20 heavy (non-hydrogen) atoms. The van der Waals surface area contributed by atoms with Crippen molar-refractivity contribution in [3.05, 3.63) is 36.0 Å². The summed E-state index contributed by atoms with van der Waals surface area (Å²) < 4.78 is 3.98. The standard InChI is InChI=1S/C15H17N3OS/c1-11-7-5-6-10-18(11)15(19)13-14(20-17-16-13)12-8-3-2-4-9-12/h2-4,8-9,11H,5-7,10H2,1H3. The minimum absolute atomic E-state index is 0.0183. The molecule has 0 radical (unpaired) electrons. The normalized spacial score (nSPS) is 19.1. The van der Waals surface area contributed by atoms with E-state index in [1.807, 2.05) is 35.2 Å². The van der Waals surface area contributed by atoms with E-state index in [1.165, 1.54) is 18.0 Å². The van der Waals surface area contributed by atoms with Crippen molar-refractivity contribution < 1.29 is 4.79 Å². The van der Waals surface area contributed by atoms with Crippen LogP contribution in [0.5, 0.6) is 0 Å². The highest BCUT2D eigenvalue weighted by molar-refractivity contribution is 7.09. The van der Waals surface area contributed by atoms with E-state index in [-0.39, 0.29) is 5.91 Å². The van der Waals surface area contributed by atoms with Gasteiger partial charge in [0.1, 0.15) is 0 Å². The SMILES string of the molecule is CC1CCCCN1C(=O)c1nnsc1-c1ccccc1. The predicted molar refractivity (Wildman–Crippen MR) is 79.7 cm³/mol. The van der Waals surface area contributed by atoms with Crippen LogP contribution >= 0.6 is 11.5 Å². The fraction of sp³-hybridized carbons (Fsp3) is 0.400. The lowest BCUT2D eigenvalue weighted by Gasteiger charge is -2.32. The number of likely N-dealkylation sites (tertiary alicyclic amines) is 1. The molecule has 0 aliphatic carbocycles. The summed E-state index contributed by atoms with van der Waals surface area (Å²) >= 11 is 1.29. The van der Waals surface area contributed by atoms with Crippen LogP contribution in [0.15, 0.2) is 30.3 Å². The smallest absolute Gasteiger partial charge is 0.276 e. The molecule has 3 rings (SSSR count). The highest BCUT2D eigenvalue weighted by Crippen LogP contribution is 2.28. The molecule has 1 fully saturated rings. The summed E-state index contributed by atoms with van der Waals surface area (Å²) in [6.45, 7) is 2.94. The number of hydrogen-bond donors (Lipinski definition) is 0. The van der Waals surface area contributed by atoms with Crippen molar-refractivity contribution in [2.24, 2.45) is 0 Å². The molecule has 1 aliphatic rings. The number of aromatic nitrogens is 2. The first-order valence-electron chi connectivity index (χ1n) is 6.96. The zero-order chi connectivity index (χ0) is 13.9. The molecule has 0 spiro atoms. The minimum atomic E-state index is 0.0183. The summed E-state index contributed by atoms with van der Waals surface area (Å²) in [5.74, 6) is 0.0183. The second-order valence-electron chi connectivity index (χ2n) is 5.16. The lowest BCUT2D eigenvalue weighted by Crippen LogP contribution is -2.42. The van der Waals surface area contributed by atoms with E-state index in [4.69, 9.17) is 0 Å². The first kappa shape index (κ1) is 13.2.